The fourth-order valence-corrected chi connectivity index (χ4v) is 5.19. The predicted octanol–water partition coefficient (Wildman–Crippen LogP) is 3.26. The van der Waals surface area contributed by atoms with E-state index in [1.165, 1.54) is 28.2 Å². The third-order valence-corrected chi connectivity index (χ3v) is 6.71. The van der Waals surface area contributed by atoms with Crippen molar-refractivity contribution in [2.75, 3.05) is 20.6 Å². The third kappa shape index (κ3) is 3.87. The van der Waals surface area contributed by atoms with Gasteiger partial charge in [0, 0.05) is 32.4 Å². The van der Waals surface area contributed by atoms with Gasteiger partial charge in [0.2, 0.25) is 0 Å². The van der Waals surface area contributed by atoms with E-state index in [-0.39, 0.29) is 23.5 Å². The van der Waals surface area contributed by atoms with Crippen molar-refractivity contribution < 1.29 is 15.8 Å². The number of carbonyl (C=O) groups is 3. The summed E-state index contributed by atoms with van der Waals surface area (Å²) in [5.74, 6) is -0.792. The number of ketones is 1. The number of Topliss-reactive ketones (excluding diaryl/α,β-unsaturated/α-hetero) is 1. The molecule has 1 fully saturated rings. The average Bonchev–Trinajstić information content (AvgIpc) is 3.03. The summed E-state index contributed by atoms with van der Waals surface area (Å²) in [4.78, 5) is 42.0. The molecule has 0 saturated heterocycles. The first-order valence-corrected chi connectivity index (χ1v) is 10.9. The molecule has 30 heavy (non-hydrogen) atoms. The van der Waals surface area contributed by atoms with Crippen LogP contribution in [0.2, 0.25) is 0 Å². The van der Waals surface area contributed by atoms with Crippen LogP contribution in [0.4, 0.5) is 0 Å². The van der Waals surface area contributed by atoms with Gasteiger partial charge in [-0.25, -0.2) is 0 Å². The molecule has 5 heteroatoms. The predicted molar refractivity (Wildman–Crippen MR) is 118 cm³/mol. The second-order valence-corrected chi connectivity index (χ2v) is 8.84. The number of hydrogen-bond donors (Lipinski definition) is 0. The van der Waals surface area contributed by atoms with E-state index in [1.807, 2.05) is 19.0 Å². The number of rotatable bonds is 9. The second-order valence-electron chi connectivity index (χ2n) is 8.84. The van der Waals surface area contributed by atoms with Gasteiger partial charge in [-0.15, -0.1) is 0 Å². The van der Waals surface area contributed by atoms with E-state index in [4.69, 9.17) is 1.37 Å². The Kier molecular flexibility index (Phi) is 6.19. The topological polar surface area (TPSA) is 57.7 Å². The van der Waals surface area contributed by atoms with Crippen LogP contribution in [0, 0.1) is 12.8 Å². The smallest absolute Gasteiger partial charge is 0.254 e. The normalized spacial score (nSPS) is 23.8. The molecule has 2 amide bonds. The lowest BCUT2D eigenvalue weighted by Crippen LogP contribution is -2.68. The molecule has 2 aliphatic rings. The van der Waals surface area contributed by atoms with Gasteiger partial charge in [0.25, 0.3) is 11.8 Å². The largest absolute Gasteiger partial charge is 0.309 e. The molecular weight excluding hydrogens is 376 g/mol. The van der Waals surface area contributed by atoms with Crippen molar-refractivity contribution in [3.63, 3.8) is 0 Å². The Morgan fingerprint density at radius 3 is 2.47 bits per heavy atom. The lowest BCUT2D eigenvalue weighted by Gasteiger charge is -2.53. The Bertz CT molecular complexity index is 890. The Labute approximate surface area is 181 Å². The van der Waals surface area contributed by atoms with Crippen molar-refractivity contribution >= 4 is 17.6 Å². The average molecular weight is 412 g/mol. The Balaban J connectivity index is 1.87. The number of imide groups is 1. The van der Waals surface area contributed by atoms with Crippen molar-refractivity contribution in [2.45, 2.75) is 64.8 Å². The lowest BCUT2D eigenvalue weighted by atomic mass is 9.62. The zero-order valence-corrected chi connectivity index (χ0v) is 18.7. The van der Waals surface area contributed by atoms with Gasteiger partial charge in [0.05, 0.1) is 0 Å². The highest BCUT2D eigenvalue weighted by Crippen LogP contribution is 2.46. The van der Waals surface area contributed by atoms with Crippen LogP contribution in [-0.4, -0.2) is 53.6 Å². The van der Waals surface area contributed by atoms with E-state index in [2.05, 4.69) is 26.0 Å². The number of amides is 2. The summed E-state index contributed by atoms with van der Waals surface area (Å²) in [7, 11) is 3.90. The summed E-state index contributed by atoms with van der Waals surface area (Å²) in [5, 5.41) is 0. The first-order chi connectivity index (χ1) is 14.7. The van der Waals surface area contributed by atoms with E-state index in [1.54, 1.807) is 0 Å². The number of aryl methyl sites for hydroxylation is 3. The number of nitrogens with zero attached hydrogens (tertiary/aromatic N) is 2. The van der Waals surface area contributed by atoms with Gasteiger partial charge in [-0.2, -0.15) is 0 Å². The van der Waals surface area contributed by atoms with Crippen LogP contribution in [0.1, 0.15) is 56.7 Å². The quantitative estimate of drug-likeness (QED) is 0.585. The first kappa shape index (κ1) is 21.0. The number of carbonyl (C=O) groups excluding carboxylic acids is 3. The SMILES string of the molecule is [2H]CCc1cc(C)c(CC)c(CCC(=O)C2(N3C(=O)C=CC3=O)CCC2CN(C)C)c1. The van der Waals surface area contributed by atoms with E-state index in [0.29, 0.717) is 39.1 Å². The number of benzene rings is 1. The maximum Gasteiger partial charge on any atom is 0.254 e. The third-order valence-electron chi connectivity index (χ3n) is 6.71. The second kappa shape index (κ2) is 8.84. The van der Waals surface area contributed by atoms with E-state index in [9.17, 15) is 14.4 Å². The van der Waals surface area contributed by atoms with Crippen molar-refractivity contribution in [3.8, 4) is 0 Å². The summed E-state index contributed by atoms with van der Waals surface area (Å²) in [6.45, 7) is 5.21. The van der Waals surface area contributed by atoms with Crippen molar-refractivity contribution in [3.05, 3.63) is 46.5 Å². The molecule has 0 bridgehead atoms. The van der Waals surface area contributed by atoms with Crippen LogP contribution in [-0.2, 0) is 33.6 Å². The maximum atomic E-state index is 13.7. The standard InChI is InChI=1S/C25H34N2O3/c1-6-18-14-17(3)21(7-2)19(15-18)8-9-22(28)25(13-12-20(25)16-26(4)5)27-23(29)10-11-24(27)30/h10-11,14-15,20H,6-9,12-13,16H2,1-5H3/i1D. The molecule has 2 atom stereocenters. The molecule has 5 nitrogen and oxygen atoms in total. The highest BCUT2D eigenvalue weighted by Gasteiger charge is 2.59. The zero-order valence-electron chi connectivity index (χ0n) is 19.7. The van der Waals surface area contributed by atoms with Gasteiger partial charge in [-0.1, -0.05) is 26.0 Å². The fourth-order valence-electron chi connectivity index (χ4n) is 5.19. The minimum absolute atomic E-state index is 0.0124. The van der Waals surface area contributed by atoms with Gasteiger partial charge >= 0.3 is 0 Å². The Morgan fingerprint density at radius 1 is 1.23 bits per heavy atom. The monoisotopic (exact) mass is 411 g/mol. The molecule has 1 aromatic carbocycles. The van der Waals surface area contributed by atoms with Gasteiger partial charge < -0.3 is 4.90 Å². The molecule has 0 N–H and O–H groups in total. The Morgan fingerprint density at radius 2 is 1.93 bits per heavy atom. The lowest BCUT2D eigenvalue weighted by molar-refractivity contribution is -0.164. The maximum absolute atomic E-state index is 13.7. The van der Waals surface area contributed by atoms with Crippen LogP contribution >= 0.6 is 0 Å². The molecule has 1 saturated carbocycles. The van der Waals surface area contributed by atoms with Crippen LogP contribution in [0.15, 0.2) is 24.3 Å². The molecule has 1 aliphatic heterocycles. The summed E-state index contributed by atoms with van der Waals surface area (Å²) >= 11 is 0. The molecule has 0 radical (unpaired) electrons. The van der Waals surface area contributed by atoms with Crippen molar-refractivity contribution in [1.82, 2.24) is 9.80 Å². The van der Waals surface area contributed by atoms with Crippen LogP contribution < -0.4 is 0 Å². The van der Waals surface area contributed by atoms with E-state index < -0.39 is 5.54 Å². The van der Waals surface area contributed by atoms with E-state index >= 15 is 0 Å². The minimum Gasteiger partial charge on any atom is -0.309 e. The van der Waals surface area contributed by atoms with Crippen molar-refractivity contribution in [1.29, 1.82) is 0 Å². The van der Waals surface area contributed by atoms with Gasteiger partial charge in [-0.3, -0.25) is 19.3 Å². The van der Waals surface area contributed by atoms with Crippen molar-refractivity contribution in [2.24, 2.45) is 5.92 Å². The van der Waals surface area contributed by atoms with Crippen LogP contribution in [0.3, 0.4) is 0 Å². The highest BCUT2D eigenvalue weighted by molar-refractivity contribution is 6.16. The molecule has 0 aromatic heterocycles. The summed E-state index contributed by atoms with van der Waals surface area (Å²) in [6.07, 6.45) is 6.42. The zero-order chi connectivity index (χ0) is 22.8. The molecule has 3 rings (SSSR count). The molecule has 0 spiro atoms. The molecule has 2 unspecified atom stereocenters. The van der Waals surface area contributed by atoms with Gasteiger partial charge in [0.15, 0.2) is 5.78 Å². The highest BCUT2D eigenvalue weighted by atomic mass is 16.2. The van der Waals surface area contributed by atoms with Gasteiger partial charge in [0.1, 0.15) is 5.54 Å². The number of hydrogen-bond acceptors (Lipinski definition) is 4. The molecule has 1 heterocycles. The first-order valence-electron chi connectivity index (χ1n) is 11.6. The fraction of sp³-hybridized carbons (Fsp3) is 0.560. The molecule has 1 aliphatic carbocycles. The van der Waals surface area contributed by atoms with Gasteiger partial charge in [-0.05, 0) is 75.4 Å². The van der Waals surface area contributed by atoms with E-state index in [0.717, 1.165) is 24.0 Å². The summed E-state index contributed by atoms with van der Waals surface area (Å²) in [5.41, 5.74) is 3.71. The van der Waals surface area contributed by atoms with Crippen LogP contribution in [0.5, 0.6) is 0 Å². The molecule has 1 aromatic rings. The molecular formula is C25H34N2O3. The summed E-state index contributed by atoms with van der Waals surface area (Å²) in [6, 6.07) is 4.28. The Hall–Kier alpha value is -2.27. The molecule has 162 valence electrons. The van der Waals surface area contributed by atoms with Crippen LogP contribution in [0.25, 0.3) is 0 Å². The summed E-state index contributed by atoms with van der Waals surface area (Å²) < 4.78 is 7.54. The minimum atomic E-state index is -1.03.